The predicted molar refractivity (Wildman–Crippen MR) is 150 cm³/mol. The van der Waals surface area contributed by atoms with Crippen LogP contribution in [0.25, 0.3) is 0 Å². The summed E-state index contributed by atoms with van der Waals surface area (Å²) in [6, 6.07) is 15.7. The van der Waals surface area contributed by atoms with Gasteiger partial charge in [0.2, 0.25) is 11.8 Å². The Morgan fingerprint density at radius 3 is 2.29 bits per heavy atom. The van der Waals surface area contributed by atoms with Gasteiger partial charge in [0, 0.05) is 19.0 Å². The van der Waals surface area contributed by atoms with Crippen molar-refractivity contribution in [2.75, 3.05) is 6.54 Å². The van der Waals surface area contributed by atoms with Crippen molar-refractivity contribution in [3.05, 3.63) is 71.3 Å². The van der Waals surface area contributed by atoms with Crippen LogP contribution in [0, 0.1) is 6.92 Å². The van der Waals surface area contributed by atoms with E-state index in [9.17, 15) is 14.4 Å². The number of carbonyl (C=O) groups excluding carboxylic acids is 3. The second-order valence-electron chi connectivity index (χ2n) is 11.2. The van der Waals surface area contributed by atoms with E-state index in [0.717, 1.165) is 42.4 Å². The number of hydrogen-bond donors (Lipinski definition) is 2. The highest BCUT2D eigenvalue weighted by Crippen LogP contribution is 2.26. The Balaban J connectivity index is 1.94. The van der Waals surface area contributed by atoms with Crippen LogP contribution in [0.15, 0.2) is 54.6 Å². The molecule has 0 saturated heterocycles. The monoisotopic (exact) mass is 521 g/mol. The number of nitrogens with zero attached hydrogens (tertiary/aromatic N) is 1. The molecule has 2 aromatic rings. The quantitative estimate of drug-likeness (QED) is 0.458. The largest absolute Gasteiger partial charge is 0.444 e. The van der Waals surface area contributed by atoms with Crippen molar-refractivity contribution in [3.8, 4) is 0 Å². The van der Waals surface area contributed by atoms with Crippen LogP contribution >= 0.6 is 0 Å². The van der Waals surface area contributed by atoms with E-state index in [4.69, 9.17) is 4.74 Å². The minimum Gasteiger partial charge on any atom is -0.444 e. The molecule has 1 saturated carbocycles. The molecule has 0 radical (unpaired) electrons. The average molecular weight is 522 g/mol. The minimum absolute atomic E-state index is 0.109. The van der Waals surface area contributed by atoms with E-state index in [0.29, 0.717) is 6.54 Å². The van der Waals surface area contributed by atoms with Gasteiger partial charge in [-0.1, -0.05) is 79.4 Å². The van der Waals surface area contributed by atoms with Gasteiger partial charge in [-0.15, -0.1) is 0 Å². The van der Waals surface area contributed by atoms with E-state index in [1.165, 1.54) is 6.42 Å². The summed E-state index contributed by atoms with van der Waals surface area (Å²) in [4.78, 5) is 42.3. The Labute approximate surface area is 227 Å². The Kier molecular flexibility index (Phi) is 10.3. The van der Waals surface area contributed by atoms with E-state index < -0.39 is 23.8 Å². The number of carbonyl (C=O) groups is 3. The number of rotatable bonds is 9. The number of ether oxygens (including phenoxy) is 1. The molecule has 1 aliphatic rings. The Hall–Kier alpha value is -3.35. The zero-order valence-electron chi connectivity index (χ0n) is 23.5. The molecule has 0 aromatic heterocycles. The summed E-state index contributed by atoms with van der Waals surface area (Å²) in [5.41, 5.74) is 1.95. The van der Waals surface area contributed by atoms with Crippen molar-refractivity contribution in [1.82, 2.24) is 15.5 Å². The molecule has 2 unspecified atom stereocenters. The summed E-state index contributed by atoms with van der Waals surface area (Å²) in [6.07, 6.45) is 4.88. The first-order chi connectivity index (χ1) is 18.1. The Morgan fingerprint density at radius 1 is 1.00 bits per heavy atom. The maximum absolute atomic E-state index is 14.2. The van der Waals surface area contributed by atoms with Crippen LogP contribution in [-0.2, 0) is 20.7 Å². The van der Waals surface area contributed by atoms with Crippen molar-refractivity contribution in [3.63, 3.8) is 0 Å². The van der Waals surface area contributed by atoms with Gasteiger partial charge in [-0.2, -0.15) is 0 Å². The number of aryl methyl sites for hydroxylation is 1. The number of alkyl carbamates (subject to hydrolysis) is 1. The summed E-state index contributed by atoms with van der Waals surface area (Å²) >= 11 is 0. The zero-order chi connectivity index (χ0) is 27.7. The maximum Gasteiger partial charge on any atom is 0.408 e. The van der Waals surface area contributed by atoms with Crippen LogP contribution in [0.2, 0.25) is 0 Å². The Bertz CT molecular complexity index is 1070. The van der Waals surface area contributed by atoms with Crippen LogP contribution in [0.3, 0.4) is 0 Å². The third-order valence-electron chi connectivity index (χ3n) is 6.76. The van der Waals surface area contributed by atoms with Crippen LogP contribution in [-0.4, -0.2) is 47.0 Å². The molecular weight excluding hydrogens is 478 g/mol. The molecule has 2 aromatic carbocycles. The van der Waals surface area contributed by atoms with Crippen molar-refractivity contribution in [2.24, 2.45) is 0 Å². The summed E-state index contributed by atoms with van der Waals surface area (Å²) in [7, 11) is 0. The molecule has 2 N–H and O–H groups in total. The average Bonchev–Trinajstić information content (AvgIpc) is 2.86. The highest BCUT2D eigenvalue weighted by Gasteiger charge is 2.36. The van der Waals surface area contributed by atoms with Gasteiger partial charge in [0.1, 0.15) is 17.7 Å². The summed E-state index contributed by atoms with van der Waals surface area (Å²) in [6.45, 7) is 9.48. The van der Waals surface area contributed by atoms with Gasteiger partial charge in [-0.05, 0) is 58.6 Å². The third kappa shape index (κ3) is 8.61. The van der Waals surface area contributed by atoms with E-state index in [2.05, 4.69) is 10.6 Å². The van der Waals surface area contributed by atoms with E-state index in [-0.39, 0.29) is 24.3 Å². The summed E-state index contributed by atoms with van der Waals surface area (Å²) in [5, 5.41) is 6.01. The van der Waals surface area contributed by atoms with Crippen LogP contribution in [0.5, 0.6) is 0 Å². The van der Waals surface area contributed by atoms with Gasteiger partial charge in [-0.3, -0.25) is 9.59 Å². The van der Waals surface area contributed by atoms with Crippen molar-refractivity contribution < 1.29 is 19.1 Å². The lowest BCUT2D eigenvalue weighted by atomic mass is 9.94. The highest BCUT2D eigenvalue weighted by atomic mass is 16.6. The lowest BCUT2D eigenvalue weighted by molar-refractivity contribution is -0.142. The Morgan fingerprint density at radius 2 is 1.68 bits per heavy atom. The second-order valence-corrected chi connectivity index (χ2v) is 11.2. The van der Waals surface area contributed by atoms with Crippen molar-refractivity contribution in [2.45, 2.75) is 96.9 Å². The molecule has 2 atom stereocenters. The van der Waals surface area contributed by atoms with E-state index >= 15 is 0 Å². The first-order valence-corrected chi connectivity index (χ1v) is 13.8. The molecule has 7 nitrogen and oxygen atoms in total. The number of likely N-dealkylation sites (N-methyl/N-ethyl adjacent to an activating group) is 1. The predicted octanol–water partition coefficient (Wildman–Crippen LogP) is 5.47. The molecule has 1 aliphatic carbocycles. The lowest BCUT2D eigenvalue weighted by Gasteiger charge is -2.35. The van der Waals surface area contributed by atoms with Crippen molar-refractivity contribution >= 4 is 17.9 Å². The fraction of sp³-hybridized carbons (Fsp3) is 0.516. The van der Waals surface area contributed by atoms with Gasteiger partial charge >= 0.3 is 6.09 Å². The van der Waals surface area contributed by atoms with Crippen LogP contribution < -0.4 is 10.6 Å². The molecule has 3 amide bonds. The lowest BCUT2D eigenvalue weighted by Crippen LogP contribution is -2.54. The van der Waals surface area contributed by atoms with Gasteiger partial charge in [0.15, 0.2) is 0 Å². The topological polar surface area (TPSA) is 87.7 Å². The molecule has 1 fully saturated rings. The number of hydrogen-bond acceptors (Lipinski definition) is 4. The second kappa shape index (κ2) is 13.4. The molecule has 38 heavy (non-hydrogen) atoms. The molecule has 0 heterocycles. The third-order valence-corrected chi connectivity index (χ3v) is 6.76. The molecule has 0 bridgehead atoms. The first-order valence-electron chi connectivity index (χ1n) is 13.8. The van der Waals surface area contributed by atoms with E-state index in [1.807, 2.05) is 68.4 Å². The van der Waals surface area contributed by atoms with Gasteiger partial charge in [-0.25, -0.2) is 4.79 Å². The maximum atomic E-state index is 14.2. The normalized spacial score (nSPS) is 15.7. The van der Waals surface area contributed by atoms with Crippen LogP contribution in [0.4, 0.5) is 4.79 Å². The summed E-state index contributed by atoms with van der Waals surface area (Å²) < 4.78 is 5.48. The van der Waals surface area contributed by atoms with Gasteiger partial charge < -0.3 is 20.3 Å². The molecule has 206 valence electrons. The van der Waals surface area contributed by atoms with E-state index in [1.54, 1.807) is 25.7 Å². The SMILES string of the molecule is CCN(C(=O)C(Cc1ccccc1)NC(=O)OC(C)(C)C)C(C(=O)NC1CCCCC1)c1cccc(C)c1. The standard InChI is InChI=1S/C31H43N3O4/c1-6-34(27(24-17-13-14-22(2)20-24)28(35)32-25-18-11-8-12-19-25)29(36)26(21-23-15-9-7-10-16-23)33-30(37)38-31(3,4)5/h7,9-10,13-17,20,25-27H,6,8,11-12,18-19,21H2,1-5H3,(H,32,35)(H,33,37). The highest BCUT2D eigenvalue weighted by molar-refractivity contribution is 5.92. The molecular formula is C31H43N3O4. The fourth-order valence-electron chi connectivity index (χ4n) is 5.01. The molecule has 0 aliphatic heterocycles. The molecule has 7 heteroatoms. The first kappa shape index (κ1) is 29.2. The van der Waals surface area contributed by atoms with Gasteiger partial charge in [0.25, 0.3) is 0 Å². The minimum atomic E-state index is -0.901. The molecule has 0 spiro atoms. The number of nitrogens with one attached hydrogen (secondary N) is 2. The smallest absolute Gasteiger partial charge is 0.408 e. The molecule has 3 rings (SSSR count). The number of benzene rings is 2. The fourth-order valence-corrected chi connectivity index (χ4v) is 5.01. The number of amides is 3. The van der Waals surface area contributed by atoms with Crippen LogP contribution in [0.1, 0.15) is 82.5 Å². The zero-order valence-corrected chi connectivity index (χ0v) is 23.5. The summed E-state index contributed by atoms with van der Waals surface area (Å²) in [5.74, 6) is -0.513. The van der Waals surface area contributed by atoms with Crippen molar-refractivity contribution in [1.29, 1.82) is 0 Å². The van der Waals surface area contributed by atoms with Gasteiger partial charge in [0.05, 0.1) is 0 Å².